The number of anilines is 2. The van der Waals surface area contributed by atoms with Gasteiger partial charge in [-0.2, -0.15) is 0 Å². The highest BCUT2D eigenvalue weighted by molar-refractivity contribution is 5.99. The molecule has 1 aromatic rings. The molecule has 0 spiro atoms. The lowest BCUT2D eigenvalue weighted by molar-refractivity contribution is -0.121. The molecule has 2 aliphatic rings. The van der Waals surface area contributed by atoms with Crippen molar-refractivity contribution in [3.63, 3.8) is 0 Å². The van der Waals surface area contributed by atoms with Crippen molar-refractivity contribution in [3.05, 3.63) is 18.2 Å². The number of carbonyl (C=O) groups is 2. The Balaban J connectivity index is 0.00000192. The van der Waals surface area contributed by atoms with E-state index in [0.29, 0.717) is 23.2 Å². The molecule has 0 unspecified atom stereocenters. The number of hydrogen-bond acceptors (Lipinski definition) is 4. The third-order valence-electron chi connectivity index (χ3n) is 4.31. The van der Waals surface area contributed by atoms with Gasteiger partial charge in [0.2, 0.25) is 5.91 Å². The zero-order valence-electron chi connectivity index (χ0n) is 13.3. The lowest BCUT2D eigenvalue weighted by Crippen LogP contribution is -2.40. The summed E-state index contributed by atoms with van der Waals surface area (Å²) in [5.41, 5.74) is 1.38. The second-order valence-corrected chi connectivity index (χ2v) is 5.99. The molecular weight excluding hydrogens is 318 g/mol. The van der Waals surface area contributed by atoms with Crippen LogP contribution in [0.1, 0.15) is 19.8 Å². The van der Waals surface area contributed by atoms with E-state index in [1.54, 1.807) is 24.1 Å². The summed E-state index contributed by atoms with van der Waals surface area (Å²) >= 11 is 0. The molecule has 1 saturated heterocycles. The maximum absolute atomic E-state index is 12.4. The first-order chi connectivity index (χ1) is 10.5. The number of ether oxygens (including phenoxy) is 1. The summed E-state index contributed by atoms with van der Waals surface area (Å²) in [5, 5.41) is 6.30. The normalized spacial score (nSPS) is 23.4. The van der Waals surface area contributed by atoms with E-state index in [0.717, 1.165) is 19.4 Å². The van der Waals surface area contributed by atoms with Crippen LogP contribution in [0.5, 0.6) is 5.75 Å². The molecular formula is C16H22ClN3O3. The number of rotatable bonds is 2. The molecule has 0 radical (unpaired) electrons. The van der Waals surface area contributed by atoms with E-state index in [1.807, 2.05) is 6.07 Å². The predicted molar refractivity (Wildman–Crippen MR) is 91.4 cm³/mol. The average molecular weight is 340 g/mol. The van der Waals surface area contributed by atoms with Crippen molar-refractivity contribution in [1.29, 1.82) is 0 Å². The topological polar surface area (TPSA) is 70.7 Å². The highest BCUT2D eigenvalue weighted by atomic mass is 35.5. The van der Waals surface area contributed by atoms with E-state index in [1.165, 1.54) is 0 Å². The van der Waals surface area contributed by atoms with Crippen LogP contribution >= 0.6 is 12.4 Å². The van der Waals surface area contributed by atoms with Crippen LogP contribution in [0.15, 0.2) is 18.2 Å². The van der Waals surface area contributed by atoms with E-state index < -0.39 is 0 Å². The van der Waals surface area contributed by atoms with E-state index >= 15 is 0 Å². The number of carbonyl (C=O) groups excluding carboxylic acids is 2. The number of fused-ring (bicyclic) bond motifs is 1. The molecule has 0 aromatic heterocycles. The molecule has 7 heteroatoms. The highest BCUT2D eigenvalue weighted by Gasteiger charge is 2.26. The molecule has 1 fully saturated rings. The zero-order valence-corrected chi connectivity index (χ0v) is 14.1. The Labute approximate surface area is 142 Å². The summed E-state index contributed by atoms with van der Waals surface area (Å²) < 4.78 is 5.38. The minimum atomic E-state index is -0.0943. The van der Waals surface area contributed by atoms with Crippen LogP contribution in [0.25, 0.3) is 0 Å². The molecule has 2 amide bonds. The van der Waals surface area contributed by atoms with Crippen LogP contribution < -0.4 is 20.3 Å². The Morgan fingerprint density at radius 3 is 2.96 bits per heavy atom. The number of hydrogen-bond donors (Lipinski definition) is 2. The molecule has 0 bridgehead atoms. The standard InChI is InChI=1S/C16H21N3O3.ClH/c1-10-7-11(5-6-17-10)16(21)18-12-3-4-14-13(8-12)19(2)15(20)9-22-14;/h3-4,8,10-11,17H,5-7,9H2,1-2H3,(H,18,21);1H/t10-,11-;/m0./s1. The first-order valence-electron chi connectivity index (χ1n) is 7.62. The fourth-order valence-electron chi connectivity index (χ4n) is 2.96. The van der Waals surface area contributed by atoms with Gasteiger partial charge < -0.3 is 20.3 Å². The van der Waals surface area contributed by atoms with E-state index in [2.05, 4.69) is 17.6 Å². The smallest absolute Gasteiger partial charge is 0.264 e. The maximum Gasteiger partial charge on any atom is 0.264 e. The average Bonchev–Trinajstić information content (AvgIpc) is 2.51. The Morgan fingerprint density at radius 1 is 1.43 bits per heavy atom. The maximum atomic E-state index is 12.4. The molecule has 0 saturated carbocycles. The molecule has 1 aromatic carbocycles. The minimum Gasteiger partial charge on any atom is -0.482 e. The second kappa shape index (κ2) is 7.19. The first-order valence-corrected chi connectivity index (χ1v) is 7.62. The number of halogens is 1. The Bertz CT molecular complexity index is 608. The fourth-order valence-corrected chi connectivity index (χ4v) is 2.96. The van der Waals surface area contributed by atoms with Gasteiger partial charge in [-0.25, -0.2) is 0 Å². The summed E-state index contributed by atoms with van der Waals surface area (Å²) in [4.78, 5) is 25.6. The summed E-state index contributed by atoms with van der Waals surface area (Å²) in [6.07, 6.45) is 1.70. The quantitative estimate of drug-likeness (QED) is 0.861. The Kier molecular flexibility index (Phi) is 5.49. The number of nitrogens with one attached hydrogen (secondary N) is 2. The number of benzene rings is 1. The van der Waals surface area contributed by atoms with Gasteiger partial charge in [0.25, 0.3) is 5.91 Å². The summed E-state index contributed by atoms with van der Waals surface area (Å²) in [7, 11) is 1.71. The summed E-state index contributed by atoms with van der Waals surface area (Å²) in [5.74, 6) is 0.639. The minimum absolute atomic E-state index is 0. The largest absolute Gasteiger partial charge is 0.482 e. The van der Waals surface area contributed by atoms with E-state index in [9.17, 15) is 9.59 Å². The zero-order chi connectivity index (χ0) is 15.7. The van der Waals surface area contributed by atoms with Crippen molar-refractivity contribution in [3.8, 4) is 5.75 Å². The van der Waals surface area contributed by atoms with Crippen LogP contribution in [0.3, 0.4) is 0 Å². The van der Waals surface area contributed by atoms with Crippen molar-refractivity contribution in [2.45, 2.75) is 25.8 Å². The van der Waals surface area contributed by atoms with Crippen molar-refractivity contribution >= 4 is 35.6 Å². The van der Waals surface area contributed by atoms with Gasteiger partial charge in [-0.15, -0.1) is 12.4 Å². The molecule has 2 atom stereocenters. The van der Waals surface area contributed by atoms with Crippen molar-refractivity contribution in [1.82, 2.24) is 5.32 Å². The van der Waals surface area contributed by atoms with Gasteiger partial charge in [0, 0.05) is 24.7 Å². The monoisotopic (exact) mass is 339 g/mol. The fraction of sp³-hybridized carbons (Fsp3) is 0.500. The summed E-state index contributed by atoms with van der Waals surface area (Å²) in [6, 6.07) is 5.75. The second-order valence-electron chi connectivity index (χ2n) is 5.99. The van der Waals surface area contributed by atoms with Crippen molar-refractivity contribution < 1.29 is 14.3 Å². The number of amides is 2. The van der Waals surface area contributed by atoms with Crippen LogP contribution in [-0.4, -0.2) is 38.1 Å². The Hall–Kier alpha value is -1.79. The van der Waals surface area contributed by atoms with Crippen LogP contribution in [0.2, 0.25) is 0 Å². The van der Waals surface area contributed by atoms with Crippen LogP contribution in [0.4, 0.5) is 11.4 Å². The van der Waals surface area contributed by atoms with Gasteiger partial charge in [-0.05, 0) is 44.5 Å². The number of piperidine rings is 1. The molecule has 6 nitrogen and oxygen atoms in total. The van der Waals surface area contributed by atoms with Crippen LogP contribution in [-0.2, 0) is 9.59 Å². The molecule has 2 aliphatic heterocycles. The van der Waals surface area contributed by atoms with E-state index in [-0.39, 0.29) is 36.7 Å². The molecule has 23 heavy (non-hydrogen) atoms. The van der Waals surface area contributed by atoms with Gasteiger partial charge in [0.15, 0.2) is 6.61 Å². The molecule has 0 aliphatic carbocycles. The molecule has 126 valence electrons. The Morgan fingerprint density at radius 2 is 2.22 bits per heavy atom. The first kappa shape index (κ1) is 17.6. The molecule has 2 heterocycles. The number of nitrogens with zero attached hydrogens (tertiary/aromatic N) is 1. The molecule has 3 rings (SSSR count). The van der Waals surface area contributed by atoms with Crippen molar-refractivity contribution in [2.75, 3.05) is 30.4 Å². The van der Waals surface area contributed by atoms with Gasteiger partial charge in [0.1, 0.15) is 5.75 Å². The third kappa shape index (κ3) is 3.76. The molecule has 2 N–H and O–H groups in total. The third-order valence-corrected chi connectivity index (χ3v) is 4.31. The van der Waals surface area contributed by atoms with E-state index in [4.69, 9.17) is 4.74 Å². The van der Waals surface area contributed by atoms with Gasteiger partial charge in [0.05, 0.1) is 5.69 Å². The predicted octanol–water partition coefficient (Wildman–Crippen LogP) is 1.79. The van der Waals surface area contributed by atoms with Crippen LogP contribution in [0, 0.1) is 5.92 Å². The number of likely N-dealkylation sites (N-methyl/N-ethyl adjacent to an activating group) is 1. The SMILES string of the molecule is C[C@H]1C[C@@H](C(=O)Nc2ccc3c(c2)N(C)C(=O)CO3)CCN1.Cl. The highest BCUT2D eigenvalue weighted by Crippen LogP contribution is 2.33. The summed E-state index contributed by atoms with van der Waals surface area (Å²) in [6.45, 7) is 3.02. The lowest BCUT2D eigenvalue weighted by atomic mass is 9.92. The lowest BCUT2D eigenvalue weighted by Gasteiger charge is -2.28. The van der Waals surface area contributed by atoms with Gasteiger partial charge >= 0.3 is 0 Å². The van der Waals surface area contributed by atoms with Gasteiger partial charge in [-0.1, -0.05) is 0 Å². The van der Waals surface area contributed by atoms with Crippen molar-refractivity contribution in [2.24, 2.45) is 5.92 Å². The van der Waals surface area contributed by atoms with Gasteiger partial charge in [-0.3, -0.25) is 9.59 Å².